The van der Waals surface area contributed by atoms with Crippen LogP contribution >= 0.6 is 11.3 Å². The first-order valence-electron chi connectivity index (χ1n) is 10.8. The molecule has 0 unspecified atom stereocenters. The highest BCUT2D eigenvalue weighted by Gasteiger charge is 2.32. The molecule has 2 heterocycles. The first-order chi connectivity index (χ1) is 16.3. The highest BCUT2D eigenvalue weighted by Crippen LogP contribution is 2.29. The maximum atomic E-state index is 12.9. The Hall–Kier alpha value is -3.02. The fraction of sp³-hybridized carbons (Fsp3) is 0.348. The van der Waals surface area contributed by atoms with Gasteiger partial charge in [0.2, 0.25) is 15.9 Å². The van der Waals surface area contributed by atoms with Gasteiger partial charge in [0, 0.05) is 19.0 Å². The fourth-order valence-corrected chi connectivity index (χ4v) is 6.16. The Morgan fingerprint density at radius 3 is 2.50 bits per heavy atom. The van der Waals surface area contributed by atoms with E-state index in [4.69, 9.17) is 9.47 Å². The molecule has 180 valence electrons. The van der Waals surface area contributed by atoms with E-state index in [1.54, 1.807) is 37.3 Å². The first kappa shape index (κ1) is 24.1. The lowest BCUT2D eigenvalue weighted by Gasteiger charge is -2.30. The third kappa shape index (κ3) is 5.06. The van der Waals surface area contributed by atoms with Crippen LogP contribution in [-0.2, 0) is 19.6 Å². The quantitative estimate of drug-likeness (QED) is 0.491. The van der Waals surface area contributed by atoms with Crippen LogP contribution in [0.4, 0.5) is 5.13 Å². The Labute approximate surface area is 201 Å². The van der Waals surface area contributed by atoms with E-state index in [0.29, 0.717) is 41.4 Å². The topological polar surface area (TPSA) is 115 Å². The number of thiazole rings is 1. The van der Waals surface area contributed by atoms with E-state index in [-0.39, 0.29) is 29.8 Å². The molecule has 0 bridgehead atoms. The van der Waals surface area contributed by atoms with E-state index in [2.05, 4.69) is 10.3 Å². The van der Waals surface area contributed by atoms with Crippen molar-refractivity contribution in [2.24, 2.45) is 5.92 Å². The molecular weight excluding hydrogens is 478 g/mol. The first-order valence-corrected chi connectivity index (χ1v) is 13.1. The summed E-state index contributed by atoms with van der Waals surface area (Å²) in [5, 5.41) is 3.28. The number of ether oxygens (including phenoxy) is 2. The van der Waals surface area contributed by atoms with E-state index in [1.807, 2.05) is 0 Å². The van der Waals surface area contributed by atoms with Gasteiger partial charge in [-0.05, 0) is 62.2 Å². The van der Waals surface area contributed by atoms with E-state index < -0.39 is 16.0 Å². The molecule has 11 heteroatoms. The van der Waals surface area contributed by atoms with Crippen LogP contribution in [-0.4, -0.2) is 56.4 Å². The van der Waals surface area contributed by atoms with Crippen molar-refractivity contribution in [3.63, 3.8) is 0 Å². The highest BCUT2D eigenvalue weighted by atomic mass is 32.2. The second-order valence-corrected chi connectivity index (χ2v) is 10.7. The predicted molar refractivity (Wildman–Crippen MR) is 129 cm³/mol. The van der Waals surface area contributed by atoms with Gasteiger partial charge in [0.15, 0.2) is 5.13 Å². The van der Waals surface area contributed by atoms with Gasteiger partial charge < -0.3 is 14.8 Å². The molecule has 1 amide bonds. The Balaban J connectivity index is 1.37. The molecule has 0 saturated carbocycles. The number of hydrogen-bond acceptors (Lipinski definition) is 8. The monoisotopic (exact) mass is 503 g/mol. The second kappa shape index (κ2) is 10.1. The van der Waals surface area contributed by atoms with Crippen molar-refractivity contribution in [3.8, 4) is 5.75 Å². The van der Waals surface area contributed by atoms with Gasteiger partial charge in [-0.25, -0.2) is 18.2 Å². The molecule has 1 aliphatic rings. The van der Waals surface area contributed by atoms with Crippen molar-refractivity contribution in [1.29, 1.82) is 0 Å². The van der Waals surface area contributed by atoms with Gasteiger partial charge in [0.05, 0.1) is 34.4 Å². The summed E-state index contributed by atoms with van der Waals surface area (Å²) >= 11 is 1.28. The van der Waals surface area contributed by atoms with Gasteiger partial charge in [-0.1, -0.05) is 11.3 Å². The molecule has 3 aromatic rings. The predicted octanol–water partition coefficient (Wildman–Crippen LogP) is 3.52. The van der Waals surface area contributed by atoms with Crippen LogP contribution < -0.4 is 10.1 Å². The van der Waals surface area contributed by atoms with Crippen molar-refractivity contribution in [1.82, 2.24) is 9.29 Å². The number of nitrogens with one attached hydrogen (secondary N) is 1. The van der Waals surface area contributed by atoms with E-state index in [0.717, 1.165) is 4.70 Å². The smallest absolute Gasteiger partial charge is 0.338 e. The molecule has 34 heavy (non-hydrogen) atoms. The normalized spacial score (nSPS) is 15.2. The molecule has 0 radical (unpaired) electrons. The molecule has 4 rings (SSSR count). The number of nitrogens with zero attached hydrogens (tertiary/aromatic N) is 2. The van der Waals surface area contributed by atoms with Gasteiger partial charge in [-0.2, -0.15) is 4.31 Å². The Kier molecular flexibility index (Phi) is 7.15. The summed E-state index contributed by atoms with van der Waals surface area (Å²) < 4.78 is 38.1. The SMILES string of the molecule is CCOC(=O)c1ccc2nc(NC(=O)C3CCN(S(=O)(=O)c4ccc(OC)cc4)CC3)sc2c1. The van der Waals surface area contributed by atoms with E-state index >= 15 is 0 Å². The van der Waals surface area contributed by atoms with Crippen LogP contribution in [0.25, 0.3) is 10.2 Å². The third-order valence-corrected chi connectivity index (χ3v) is 8.50. The summed E-state index contributed by atoms with van der Waals surface area (Å²) in [5.74, 6) is -0.323. The number of anilines is 1. The summed E-state index contributed by atoms with van der Waals surface area (Å²) in [6.45, 7) is 2.56. The van der Waals surface area contributed by atoms with Gasteiger partial charge in [0.25, 0.3) is 0 Å². The maximum Gasteiger partial charge on any atom is 0.338 e. The molecular formula is C23H25N3O6S2. The Morgan fingerprint density at radius 1 is 1.15 bits per heavy atom. The van der Waals surface area contributed by atoms with Crippen LogP contribution in [0.5, 0.6) is 5.75 Å². The number of fused-ring (bicyclic) bond motifs is 1. The molecule has 1 aliphatic heterocycles. The zero-order valence-electron chi connectivity index (χ0n) is 18.8. The molecule has 0 atom stereocenters. The van der Waals surface area contributed by atoms with Crippen molar-refractivity contribution in [2.75, 3.05) is 32.1 Å². The fourth-order valence-electron chi connectivity index (χ4n) is 3.78. The van der Waals surface area contributed by atoms with Gasteiger partial charge in [0.1, 0.15) is 5.75 Å². The lowest BCUT2D eigenvalue weighted by molar-refractivity contribution is -0.120. The van der Waals surface area contributed by atoms with Crippen LogP contribution in [0, 0.1) is 5.92 Å². The standard InChI is InChI=1S/C23H25N3O6S2/c1-3-32-22(28)16-4-9-19-20(14-16)33-23(24-19)25-21(27)15-10-12-26(13-11-15)34(29,30)18-7-5-17(31-2)6-8-18/h4-9,14-15H,3,10-13H2,1-2H3,(H,24,25,27). The number of hydrogen-bond donors (Lipinski definition) is 1. The van der Waals surface area contributed by atoms with Gasteiger partial charge >= 0.3 is 5.97 Å². The van der Waals surface area contributed by atoms with Gasteiger partial charge in [-0.15, -0.1) is 0 Å². The number of esters is 1. The molecule has 9 nitrogen and oxygen atoms in total. The molecule has 0 spiro atoms. The number of carbonyl (C=O) groups excluding carboxylic acids is 2. The minimum absolute atomic E-state index is 0.189. The Bertz CT molecular complexity index is 1300. The average molecular weight is 504 g/mol. The summed E-state index contributed by atoms with van der Waals surface area (Å²) in [4.78, 5) is 29.4. The van der Waals surface area contributed by atoms with Crippen LogP contribution in [0.1, 0.15) is 30.1 Å². The summed E-state index contributed by atoms with van der Waals surface area (Å²) in [6.07, 6.45) is 0.832. The summed E-state index contributed by atoms with van der Waals surface area (Å²) in [5.41, 5.74) is 1.11. The third-order valence-electron chi connectivity index (χ3n) is 5.65. The van der Waals surface area contributed by atoms with Crippen molar-refractivity contribution in [3.05, 3.63) is 48.0 Å². The Morgan fingerprint density at radius 2 is 1.85 bits per heavy atom. The highest BCUT2D eigenvalue weighted by molar-refractivity contribution is 7.89. The number of benzene rings is 2. The van der Waals surface area contributed by atoms with Crippen molar-refractivity contribution < 1.29 is 27.5 Å². The van der Waals surface area contributed by atoms with Crippen molar-refractivity contribution >= 4 is 48.6 Å². The molecule has 1 aromatic heterocycles. The lowest BCUT2D eigenvalue weighted by Crippen LogP contribution is -2.41. The average Bonchev–Trinajstić information content (AvgIpc) is 3.25. The number of rotatable bonds is 7. The molecule has 1 fully saturated rings. The van der Waals surface area contributed by atoms with Crippen LogP contribution in [0.15, 0.2) is 47.4 Å². The number of sulfonamides is 1. The largest absolute Gasteiger partial charge is 0.497 e. The number of aromatic nitrogens is 1. The summed E-state index contributed by atoms with van der Waals surface area (Å²) in [6, 6.07) is 11.3. The van der Waals surface area contributed by atoms with Crippen molar-refractivity contribution in [2.45, 2.75) is 24.7 Å². The van der Waals surface area contributed by atoms with E-state index in [1.165, 1.54) is 34.9 Å². The summed E-state index contributed by atoms with van der Waals surface area (Å²) in [7, 11) is -2.11. The lowest BCUT2D eigenvalue weighted by atomic mass is 9.97. The van der Waals surface area contributed by atoms with Gasteiger partial charge in [-0.3, -0.25) is 4.79 Å². The minimum Gasteiger partial charge on any atom is -0.497 e. The maximum absolute atomic E-state index is 12.9. The second-order valence-electron chi connectivity index (χ2n) is 7.77. The number of carbonyl (C=O) groups is 2. The molecule has 1 N–H and O–H groups in total. The number of amides is 1. The zero-order valence-corrected chi connectivity index (χ0v) is 20.4. The number of methoxy groups -OCH3 is 1. The zero-order chi connectivity index (χ0) is 24.3. The molecule has 2 aromatic carbocycles. The number of piperidine rings is 1. The minimum atomic E-state index is -3.63. The van der Waals surface area contributed by atoms with Crippen LogP contribution in [0.3, 0.4) is 0 Å². The molecule has 0 aliphatic carbocycles. The van der Waals surface area contributed by atoms with E-state index in [9.17, 15) is 18.0 Å². The van der Waals surface area contributed by atoms with Crippen LogP contribution in [0.2, 0.25) is 0 Å². The molecule has 1 saturated heterocycles.